The van der Waals surface area contributed by atoms with Crippen LogP contribution in [0, 0.1) is 5.92 Å². The van der Waals surface area contributed by atoms with E-state index < -0.39 is 11.7 Å². The molecule has 1 heterocycles. The van der Waals surface area contributed by atoms with Crippen molar-refractivity contribution in [3.05, 3.63) is 107 Å². The van der Waals surface area contributed by atoms with E-state index in [1.54, 1.807) is 0 Å². The lowest BCUT2D eigenvalue weighted by Gasteiger charge is -2.40. The van der Waals surface area contributed by atoms with E-state index >= 15 is 0 Å². The van der Waals surface area contributed by atoms with Gasteiger partial charge in [-0.05, 0) is 61.8 Å². The zero-order chi connectivity index (χ0) is 23.8. The van der Waals surface area contributed by atoms with Crippen molar-refractivity contribution < 1.29 is 19.0 Å². The zero-order valence-corrected chi connectivity index (χ0v) is 20.1. The van der Waals surface area contributed by atoms with Gasteiger partial charge in [0.15, 0.2) is 5.79 Å². The van der Waals surface area contributed by atoms with Crippen LogP contribution in [0.25, 0.3) is 0 Å². The fraction of sp³-hybridized carbons (Fsp3) is 0.367. The Balaban J connectivity index is 1.35. The molecule has 34 heavy (non-hydrogen) atoms. The third-order valence-corrected chi connectivity index (χ3v) is 6.28. The predicted molar refractivity (Wildman–Crippen MR) is 133 cm³/mol. The van der Waals surface area contributed by atoms with Crippen LogP contribution in [0.2, 0.25) is 0 Å². The maximum Gasteiger partial charge on any atom is 0.314 e. The van der Waals surface area contributed by atoms with Gasteiger partial charge in [-0.3, -0.25) is 4.79 Å². The first-order valence-electron chi connectivity index (χ1n) is 12.1. The number of hydrogen-bond donors (Lipinski definition) is 0. The van der Waals surface area contributed by atoms with Crippen molar-refractivity contribution in [1.29, 1.82) is 0 Å². The first kappa shape index (κ1) is 24.2. The molecule has 2 atom stereocenters. The van der Waals surface area contributed by atoms with Gasteiger partial charge < -0.3 is 14.2 Å². The average Bonchev–Trinajstić information content (AvgIpc) is 2.86. The number of carbonyl (C=O) groups is 1. The fourth-order valence-corrected chi connectivity index (χ4v) is 4.38. The molecule has 0 aliphatic carbocycles. The Hall–Kier alpha value is -2.95. The summed E-state index contributed by atoms with van der Waals surface area (Å²) in [4.78, 5) is 12.9. The molecule has 4 heteroatoms. The number of carbonyl (C=O) groups excluding carboxylic acids is 1. The van der Waals surface area contributed by atoms with Crippen LogP contribution < -0.4 is 0 Å². The molecule has 0 saturated carbocycles. The van der Waals surface area contributed by atoms with Gasteiger partial charge >= 0.3 is 5.97 Å². The number of hydrogen-bond acceptors (Lipinski definition) is 4. The quantitative estimate of drug-likeness (QED) is 0.374. The van der Waals surface area contributed by atoms with Crippen molar-refractivity contribution in [3.8, 4) is 0 Å². The molecule has 178 valence electrons. The molecule has 1 aliphatic heterocycles. The van der Waals surface area contributed by atoms with Crippen LogP contribution in [0.4, 0.5) is 0 Å². The highest BCUT2D eigenvalue weighted by Gasteiger charge is 2.40. The highest BCUT2D eigenvalue weighted by molar-refractivity contribution is 5.73. The second-order valence-corrected chi connectivity index (χ2v) is 9.41. The molecule has 0 N–H and O–H groups in total. The molecular formula is C30H34O4. The summed E-state index contributed by atoms with van der Waals surface area (Å²) in [6, 6.07) is 29.0. The van der Waals surface area contributed by atoms with Crippen LogP contribution in [0.1, 0.15) is 42.5 Å². The molecule has 1 fully saturated rings. The van der Waals surface area contributed by atoms with E-state index in [9.17, 15) is 4.79 Å². The lowest BCUT2D eigenvalue weighted by molar-refractivity contribution is -0.292. The van der Waals surface area contributed by atoms with E-state index in [1.165, 1.54) is 16.7 Å². The van der Waals surface area contributed by atoms with Gasteiger partial charge in [-0.2, -0.15) is 0 Å². The van der Waals surface area contributed by atoms with Crippen LogP contribution >= 0.6 is 0 Å². The number of aryl methyl sites for hydroxylation is 3. The van der Waals surface area contributed by atoms with Gasteiger partial charge in [-0.25, -0.2) is 0 Å². The van der Waals surface area contributed by atoms with Crippen molar-refractivity contribution in [2.75, 3.05) is 6.61 Å². The minimum absolute atomic E-state index is 0.250. The highest BCUT2D eigenvalue weighted by atomic mass is 16.7. The molecule has 3 aromatic carbocycles. The van der Waals surface area contributed by atoms with Crippen molar-refractivity contribution in [2.45, 2.75) is 58.0 Å². The van der Waals surface area contributed by atoms with E-state index in [2.05, 4.69) is 54.6 Å². The summed E-state index contributed by atoms with van der Waals surface area (Å²) >= 11 is 0. The van der Waals surface area contributed by atoms with Crippen LogP contribution in [0.15, 0.2) is 84.9 Å². The molecule has 4 rings (SSSR count). The molecule has 3 aromatic rings. The number of esters is 1. The Morgan fingerprint density at radius 2 is 1.41 bits per heavy atom. The second kappa shape index (κ2) is 11.5. The molecule has 1 saturated heterocycles. The maximum atomic E-state index is 12.9. The Labute approximate surface area is 202 Å². The largest absolute Gasteiger partial charge is 0.460 e. The molecule has 4 nitrogen and oxygen atoms in total. The van der Waals surface area contributed by atoms with Crippen molar-refractivity contribution in [2.24, 2.45) is 5.92 Å². The summed E-state index contributed by atoms with van der Waals surface area (Å²) in [5.41, 5.74) is 4.91. The summed E-state index contributed by atoms with van der Waals surface area (Å²) in [5, 5.41) is 0. The Morgan fingerprint density at radius 1 is 0.824 bits per heavy atom. The number of rotatable bonds is 9. The minimum Gasteiger partial charge on any atom is -0.460 e. The van der Waals surface area contributed by atoms with Crippen molar-refractivity contribution in [3.63, 3.8) is 0 Å². The van der Waals surface area contributed by atoms with Gasteiger partial charge in [0, 0.05) is 0 Å². The topological polar surface area (TPSA) is 44.8 Å². The van der Waals surface area contributed by atoms with Crippen LogP contribution in [-0.4, -0.2) is 24.5 Å². The monoisotopic (exact) mass is 458 g/mol. The van der Waals surface area contributed by atoms with Crippen molar-refractivity contribution >= 4 is 5.97 Å². The van der Waals surface area contributed by atoms with E-state index in [0.29, 0.717) is 6.61 Å². The molecule has 0 aromatic heterocycles. The first-order chi connectivity index (χ1) is 16.5. The normalized spacial score (nSPS) is 19.5. The average molecular weight is 459 g/mol. The summed E-state index contributed by atoms with van der Waals surface area (Å²) < 4.78 is 17.6. The fourth-order valence-electron chi connectivity index (χ4n) is 4.38. The molecule has 1 aliphatic rings. The van der Waals surface area contributed by atoms with E-state index in [-0.39, 0.29) is 18.7 Å². The molecular weight excluding hydrogens is 424 g/mol. The Kier molecular flexibility index (Phi) is 8.15. The van der Waals surface area contributed by atoms with Crippen molar-refractivity contribution in [1.82, 2.24) is 0 Å². The van der Waals surface area contributed by atoms with E-state index in [1.807, 2.05) is 44.2 Å². The predicted octanol–water partition coefficient (Wildman–Crippen LogP) is 5.92. The maximum absolute atomic E-state index is 12.9. The summed E-state index contributed by atoms with van der Waals surface area (Å²) in [6.07, 6.45) is 3.35. The smallest absolute Gasteiger partial charge is 0.314 e. The van der Waals surface area contributed by atoms with E-state index in [4.69, 9.17) is 14.2 Å². The van der Waals surface area contributed by atoms with Gasteiger partial charge in [0.1, 0.15) is 12.5 Å². The molecule has 0 amide bonds. The number of benzene rings is 3. The lowest BCUT2D eigenvalue weighted by atomic mass is 9.94. The Morgan fingerprint density at radius 3 is 2.12 bits per heavy atom. The molecule has 0 unspecified atom stereocenters. The summed E-state index contributed by atoms with van der Waals surface area (Å²) in [6.45, 7) is 4.36. The van der Waals surface area contributed by atoms with Crippen LogP contribution in [-0.2, 0) is 44.9 Å². The van der Waals surface area contributed by atoms with Gasteiger partial charge in [0.05, 0.1) is 12.7 Å². The second-order valence-electron chi connectivity index (χ2n) is 9.41. The van der Waals surface area contributed by atoms with Crippen LogP contribution in [0.3, 0.4) is 0 Å². The standard InChI is InChI=1S/C30H34O4/c1-30(2)33-22-27(29(31)32-21-26-12-7-4-8-13-26)28(34-30)19-18-25-15-9-14-24(20-25)17-16-23-10-5-3-6-11-23/h3-15,20,27-28H,16-19,21-22H2,1-2H3/t27-,28-/m1/s1. The summed E-state index contributed by atoms with van der Waals surface area (Å²) in [5.74, 6) is -1.41. The molecule has 0 bridgehead atoms. The third kappa shape index (κ3) is 7.02. The van der Waals surface area contributed by atoms with E-state index in [0.717, 1.165) is 31.2 Å². The number of ether oxygens (including phenoxy) is 3. The highest BCUT2D eigenvalue weighted by Crippen LogP contribution is 2.30. The van der Waals surface area contributed by atoms with Gasteiger partial charge in [0.25, 0.3) is 0 Å². The molecule has 0 radical (unpaired) electrons. The third-order valence-electron chi connectivity index (χ3n) is 6.28. The zero-order valence-electron chi connectivity index (χ0n) is 20.1. The lowest BCUT2D eigenvalue weighted by Crippen LogP contribution is -2.49. The first-order valence-corrected chi connectivity index (χ1v) is 12.1. The SMILES string of the molecule is CC1(C)OC[C@@H](C(=O)OCc2ccccc2)[C@@H](CCc2cccc(CCc3ccccc3)c2)O1. The van der Waals surface area contributed by atoms with Crippen LogP contribution in [0.5, 0.6) is 0 Å². The molecule has 0 spiro atoms. The summed E-state index contributed by atoms with van der Waals surface area (Å²) in [7, 11) is 0. The van der Waals surface area contributed by atoms with Gasteiger partial charge in [-0.15, -0.1) is 0 Å². The van der Waals surface area contributed by atoms with Gasteiger partial charge in [0.2, 0.25) is 0 Å². The Bertz CT molecular complexity index is 1050. The minimum atomic E-state index is -0.710. The van der Waals surface area contributed by atoms with Gasteiger partial charge in [-0.1, -0.05) is 84.9 Å².